The topological polar surface area (TPSA) is 76.7 Å². The molecule has 0 saturated heterocycles. The summed E-state index contributed by atoms with van der Waals surface area (Å²) in [6, 6.07) is 6.02. The fourth-order valence-electron chi connectivity index (χ4n) is 3.42. The van der Waals surface area contributed by atoms with E-state index in [1.807, 2.05) is 12.1 Å². The molecular weight excluding hydrogens is 320 g/mol. The molecule has 2 fully saturated rings. The van der Waals surface area contributed by atoms with Crippen LogP contribution in [0.2, 0.25) is 0 Å². The van der Waals surface area contributed by atoms with Gasteiger partial charge < -0.3 is 20.1 Å². The van der Waals surface area contributed by atoms with Gasteiger partial charge in [-0.25, -0.2) is 0 Å². The van der Waals surface area contributed by atoms with Crippen LogP contribution in [-0.4, -0.2) is 31.7 Å². The molecule has 134 valence electrons. The van der Waals surface area contributed by atoms with Crippen molar-refractivity contribution in [3.8, 4) is 11.5 Å². The Bertz CT molecular complexity index is 699. The number of nitrogens with one attached hydrogen (secondary N) is 2. The molecule has 2 saturated carbocycles. The van der Waals surface area contributed by atoms with E-state index < -0.39 is 0 Å². The molecule has 3 aliphatic rings. The SMILES string of the molecule is CC1CC1C(=O)NCCC(=O)NCC1(c2ccc3c(c2)OCO3)CC1. The van der Waals surface area contributed by atoms with E-state index in [0.29, 0.717) is 25.4 Å². The molecule has 0 aromatic heterocycles. The maximum absolute atomic E-state index is 12.1. The number of benzene rings is 1. The minimum absolute atomic E-state index is 0.0172. The summed E-state index contributed by atoms with van der Waals surface area (Å²) in [5, 5.41) is 5.87. The summed E-state index contributed by atoms with van der Waals surface area (Å²) >= 11 is 0. The second-order valence-corrected chi connectivity index (χ2v) is 7.49. The molecule has 4 rings (SSSR count). The Morgan fingerprint density at radius 3 is 2.68 bits per heavy atom. The van der Waals surface area contributed by atoms with Gasteiger partial charge in [0.15, 0.2) is 11.5 Å². The minimum Gasteiger partial charge on any atom is -0.454 e. The third kappa shape index (κ3) is 3.43. The van der Waals surface area contributed by atoms with E-state index in [0.717, 1.165) is 30.8 Å². The van der Waals surface area contributed by atoms with Gasteiger partial charge in [-0.3, -0.25) is 9.59 Å². The van der Waals surface area contributed by atoms with Crippen LogP contribution in [0.1, 0.15) is 38.2 Å². The predicted octanol–water partition coefficient (Wildman–Crippen LogP) is 1.73. The molecule has 25 heavy (non-hydrogen) atoms. The highest BCUT2D eigenvalue weighted by Crippen LogP contribution is 2.49. The van der Waals surface area contributed by atoms with Crippen LogP contribution in [0.15, 0.2) is 18.2 Å². The summed E-state index contributed by atoms with van der Waals surface area (Å²) in [6.07, 6.45) is 3.41. The summed E-state index contributed by atoms with van der Waals surface area (Å²) in [7, 11) is 0. The van der Waals surface area contributed by atoms with E-state index in [1.54, 1.807) is 0 Å². The second kappa shape index (κ2) is 6.24. The van der Waals surface area contributed by atoms with Crippen LogP contribution < -0.4 is 20.1 Å². The lowest BCUT2D eigenvalue weighted by atomic mass is 9.95. The predicted molar refractivity (Wildman–Crippen MR) is 91.4 cm³/mol. The average molecular weight is 344 g/mol. The highest BCUT2D eigenvalue weighted by atomic mass is 16.7. The number of ether oxygens (including phenoxy) is 2. The Labute approximate surface area is 147 Å². The highest BCUT2D eigenvalue weighted by Gasteiger charge is 2.45. The molecule has 2 unspecified atom stereocenters. The highest BCUT2D eigenvalue weighted by molar-refractivity contribution is 5.82. The van der Waals surface area contributed by atoms with Crippen molar-refractivity contribution in [3.63, 3.8) is 0 Å². The van der Waals surface area contributed by atoms with Crippen molar-refractivity contribution in [1.29, 1.82) is 0 Å². The van der Waals surface area contributed by atoms with E-state index in [-0.39, 0.29) is 29.9 Å². The number of hydrogen-bond donors (Lipinski definition) is 2. The van der Waals surface area contributed by atoms with E-state index >= 15 is 0 Å². The normalized spacial score (nSPS) is 24.5. The van der Waals surface area contributed by atoms with E-state index in [2.05, 4.69) is 23.6 Å². The molecule has 0 bridgehead atoms. The molecule has 2 atom stereocenters. The Hall–Kier alpha value is -2.24. The van der Waals surface area contributed by atoms with E-state index in [4.69, 9.17) is 9.47 Å². The molecule has 1 aromatic carbocycles. The van der Waals surface area contributed by atoms with Crippen molar-refractivity contribution in [2.24, 2.45) is 11.8 Å². The molecule has 0 spiro atoms. The molecule has 1 heterocycles. The third-order valence-electron chi connectivity index (χ3n) is 5.56. The second-order valence-electron chi connectivity index (χ2n) is 7.49. The molecule has 2 amide bonds. The van der Waals surface area contributed by atoms with Crippen LogP contribution in [-0.2, 0) is 15.0 Å². The minimum atomic E-state index is -0.0174. The summed E-state index contributed by atoms with van der Waals surface area (Å²) in [5.74, 6) is 2.28. The Morgan fingerprint density at radius 1 is 1.20 bits per heavy atom. The number of carbonyl (C=O) groups excluding carboxylic acids is 2. The zero-order valence-corrected chi connectivity index (χ0v) is 14.5. The van der Waals surface area contributed by atoms with Gasteiger partial charge in [-0.05, 0) is 42.9 Å². The first-order valence-corrected chi connectivity index (χ1v) is 9.02. The molecular formula is C19H24N2O4. The lowest BCUT2D eigenvalue weighted by Crippen LogP contribution is -2.35. The smallest absolute Gasteiger partial charge is 0.231 e. The van der Waals surface area contributed by atoms with Gasteiger partial charge in [-0.1, -0.05) is 13.0 Å². The molecule has 6 nitrogen and oxygen atoms in total. The first-order valence-electron chi connectivity index (χ1n) is 9.02. The van der Waals surface area contributed by atoms with Crippen molar-refractivity contribution in [1.82, 2.24) is 10.6 Å². The first kappa shape index (κ1) is 16.2. The van der Waals surface area contributed by atoms with Crippen molar-refractivity contribution >= 4 is 11.8 Å². The molecule has 1 aliphatic heterocycles. The lowest BCUT2D eigenvalue weighted by molar-refractivity contribution is -0.123. The van der Waals surface area contributed by atoms with Gasteiger partial charge >= 0.3 is 0 Å². The van der Waals surface area contributed by atoms with Gasteiger partial charge in [0.2, 0.25) is 18.6 Å². The first-order chi connectivity index (χ1) is 12.1. The van der Waals surface area contributed by atoms with Crippen LogP contribution in [0, 0.1) is 11.8 Å². The van der Waals surface area contributed by atoms with Crippen molar-refractivity contribution < 1.29 is 19.1 Å². The number of hydrogen-bond acceptors (Lipinski definition) is 4. The summed E-state index contributed by atoms with van der Waals surface area (Å²) in [4.78, 5) is 23.8. The quantitative estimate of drug-likeness (QED) is 0.790. The molecule has 1 aromatic rings. The van der Waals surface area contributed by atoms with Gasteiger partial charge in [-0.15, -0.1) is 0 Å². The number of rotatable bonds is 7. The molecule has 2 aliphatic carbocycles. The van der Waals surface area contributed by atoms with E-state index in [9.17, 15) is 9.59 Å². The van der Waals surface area contributed by atoms with Gasteiger partial charge in [0.05, 0.1) is 0 Å². The number of carbonyl (C=O) groups is 2. The lowest BCUT2D eigenvalue weighted by Gasteiger charge is -2.17. The molecule has 6 heteroatoms. The van der Waals surface area contributed by atoms with Crippen LogP contribution in [0.25, 0.3) is 0 Å². The standard InChI is InChI=1S/C19H24N2O4/c1-12-8-14(12)18(23)20-7-4-17(22)21-10-19(5-6-19)13-2-3-15-16(9-13)25-11-24-15/h2-3,9,12,14H,4-8,10-11H2,1H3,(H,20,23)(H,21,22). The van der Waals surface area contributed by atoms with Gasteiger partial charge in [0.25, 0.3) is 0 Å². The Morgan fingerprint density at radius 2 is 1.96 bits per heavy atom. The largest absolute Gasteiger partial charge is 0.454 e. The maximum Gasteiger partial charge on any atom is 0.231 e. The Balaban J connectivity index is 1.23. The van der Waals surface area contributed by atoms with Gasteiger partial charge in [-0.2, -0.15) is 0 Å². The van der Waals surface area contributed by atoms with Gasteiger partial charge in [0.1, 0.15) is 0 Å². The van der Waals surface area contributed by atoms with E-state index in [1.165, 1.54) is 5.56 Å². The van der Waals surface area contributed by atoms with Crippen LogP contribution in [0.5, 0.6) is 11.5 Å². The number of amides is 2. The fraction of sp³-hybridized carbons (Fsp3) is 0.579. The average Bonchev–Trinajstić information content (AvgIpc) is 3.50. The summed E-state index contributed by atoms with van der Waals surface area (Å²) in [6.45, 7) is 3.38. The van der Waals surface area contributed by atoms with Crippen molar-refractivity contribution in [3.05, 3.63) is 23.8 Å². The van der Waals surface area contributed by atoms with Gasteiger partial charge in [0, 0.05) is 30.8 Å². The zero-order chi connectivity index (χ0) is 17.4. The maximum atomic E-state index is 12.1. The summed E-state index contributed by atoms with van der Waals surface area (Å²) in [5.41, 5.74) is 1.21. The van der Waals surface area contributed by atoms with Crippen molar-refractivity contribution in [2.45, 2.75) is 38.0 Å². The Kier molecular flexibility index (Phi) is 4.06. The van der Waals surface area contributed by atoms with Crippen LogP contribution in [0.3, 0.4) is 0 Å². The molecule has 2 N–H and O–H groups in total. The third-order valence-corrected chi connectivity index (χ3v) is 5.56. The van der Waals surface area contributed by atoms with Crippen LogP contribution >= 0.6 is 0 Å². The molecule has 0 radical (unpaired) electrons. The van der Waals surface area contributed by atoms with Crippen molar-refractivity contribution in [2.75, 3.05) is 19.9 Å². The zero-order valence-electron chi connectivity index (χ0n) is 14.5. The summed E-state index contributed by atoms with van der Waals surface area (Å²) < 4.78 is 10.8. The fourth-order valence-corrected chi connectivity index (χ4v) is 3.42. The number of fused-ring (bicyclic) bond motifs is 1. The monoisotopic (exact) mass is 344 g/mol. The van der Waals surface area contributed by atoms with Crippen LogP contribution in [0.4, 0.5) is 0 Å².